The highest BCUT2D eigenvalue weighted by Crippen LogP contribution is 2.37. The number of nitrogens with one attached hydrogen (secondary N) is 1. The van der Waals surface area contributed by atoms with E-state index in [1.165, 1.54) is 18.4 Å². The summed E-state index contributed by atoms with van der Waals surface area (Å²) in [7, 11) is 1.65. The van der Waals surface area contributed by atoms with E-state index in [9.17, 15) is 4.79 Å². The molecule has 1 N–H and O–H groups in total. The second-order valence-electron chi connectivity index (χ2n) is 8.72. The Morgan fingerprint density at radius 3 is 2.61 bits per heavy atom. The van der Waals surface area contributed by atoms with E-state index >= 15 is 0 Å². The summed E-state index contributed by atoms with van der Waals surface area (Å²) in [5.74, 6) is 1.64. The predicted molar refractivity (Wildman–Crippen MR) is 131 cm³/mol. The molecule has 0 unspecified atom stereocenters. The Morgan fingerprint density at radius 2 is 1.85 bits per heavy atom. The van der Waals surface area contributed by atoms with Gasteiger partial charge in [0, 0.05) is 59.5 Å². The van der Waals surface area contributed by atoms with Crippen LogP contribution in [0.25, 0.3) is 16.5 Å². The minimum absolute atomic E-state index is 0.164. The Balaban J connectivity index is 1.35. The van der Waals surface area contributed by atoms with Gasteiger partial charge >= 0.3 is 0 Å². The van der Waals surface area contributed by atoms with E-state index in [0.717, 1.165) is 78.4 Å². The smallest absolute Gasteiger partial charge is 0.248 e. The van der Waals surface area contributed by atoms with Crippen LogP contribution < -0.4 is 15.0 Å². The topological polar surface area (TPSA) is 63.9 Å². The zero-order chi connectivity index (χ0) is 22.8. The standard InChI is InChI=1S/C27H30N2O4/c1-18(15-27(30)28-19-7-9-20(10-8-19)29-11-13-32-14-12-29)22-16-23-21-5-3-4-6-24(21)33-26(23)17-25(22)31-2/h7-10,15-17H,3-6,11-14H2,1-2H3,(H,28,30)/b18-15+. The number of aryl methyl sites for hydroxylation is 2. The quantitative estimate of drug-likeness (QED) is 0.546. The Labute approximate surface area is 194 Å². The van der Waals surface area contributed by atoms with Gasteiger partial charge < -0.3 is 24.1 Å². The van der Waals surface area contributed by atoms with Crippen molar-refractivity contribution in [3.8, 4) is 5.75 Å². The number of carbonyl (C=O) groups is 1. The molecule has 2 heterocycles. The fourth-order valence-electron chi connectivity index (χ4n) is 4.80. The molecule has 1 aliphatic carbocycles. The summed E-state index contributed by atoms with van der Waals surface area (Å²) in [6.45, 7) is 5.22. The Morgan fingerprint density at radius 1 is 1.09 bits per heavy atom. The van der Waals surface area contributed by atoms with E-state index < -0.39 is 0 Å². The minimum atomic E-state index is -0.164. The molecule has 0 atom stereocenters. The van der Waals surface area contributed by atoms with Gasteiger partial charge in [0.2, 0.25) is 5.91 Å². The van der Waals surface area contributed by atoms with E-state index in [1.807, 2.05) is 37.3 Å². The number of hydrogen-bond acceptors (Lipinski definition) is 5. The molecule has 6 heteroatoms. The number of hydrogen-bond donors (Lipinski definition) is 1. The monoisotopic (exact) mass is 446 g/mol. The van der Waals surface area contributed by atoms with Gasteiger partial charge in [-0.05, 0) is 62.1 Å². The maximum absolute atomic E-state index is 12.8. The van der Waals surface area contributed by atoms with Crippen molar-refractivity contribution < 1.29 is 18.7 Å². The second-order valence-corrected chi connectivity index (χ2v) is 8.72. The lowest BCUT2D eigenvalue weighted by Crippen LogP contribution is -2.36. The van der Waals surface area contributed by atoms with Gasteiger partial charge in [-0.25, -0.2) is 0 Å². The highest BCUT2D eigenvalue weighted by atomic mass is 16.5. The number of furan rings is 1. The Hall–Kier alpha value is -3.25. The van der Waals surface area contributed by atoms with Crippen LogP contribution >= 0.6 is 0 Å². The fraction of sp³-hybridized carbons (Fsp3) is 0.370. The van der Waals surface area contributed by atoms with Crippen LogP contribution in [-0.2, 0) is 22.4 Å². The molecule has 1 aliphatic heterocycles. The normalized spacial score (nSPS) is 16.5. The van der Waals surface area contributed by atoms with E-state index in [-0.39, 0.29) is 5.91 Å². The maximum Gasteiger partial charge on any atom is 0.248 e. The van der Waals surface area contributed by atoms with Gasteiger partial charge in [-0.3, -0.25) is 4.79 Å². The summed E-state index contributed by atoms with van der Waals surface area (Å²) in [5, 5.41) is 4.11. The Bertz CT molecular complexity index is 1190. The maximum atomic E-state index is 12.8. The number of fused-ring (bicyclic) bond motifs is 3. The van der Waals surface area contributed by atoms with E-state index in [0.29, 0.717) is 5.75 Å². The van der Waals surface area contributed by atoms with Crippen molar-refractivity contribution in [2.45, 2.75) is 32.6 Å². The lowest BCUT2D eigenvalue weighted by molar-refractivity contribution is -0.111. The third-order valence-electron chi connectivity index (χ3n) is 6.56. The van der Waals surface area contributed by atoms with Gasteiger partial charge in [-0.1, -0.05) is 0 Å². The van der Waals surface area contributed by atoms with Crippen LogP contribution in [0.1, 0.15) is 36.7 Å². The molecule has 33 heavy (non-hydrogen) atoms. The molecule has 0 saturated carbocycles. The third kappa shape index (κ3) is 4.48. The second kappa shape index (κ2) is 9.32. The van der Waals surface area contributed by atoms with Crippen LogP contribution in [0, 0.1) is 0 Å². The van der Waals surface area contributed by atoms with Crippen LogP contribution in [-0.4, -0.2) is 39.3 Å². The first kappa shape index (κ1) is 21.6. The van der Waals surface area contributed by atoms with Crippen LogP contribution in [0.3, 0.4) is 0 Å². The van der Waals surface area contributed by atoms with E-state index in [1.54, 1.807) is 13.2 Å². The molecule has 5 rings (SSSR count). The lowest BCUT2D eigenvalue weighted by atomic mass is 9.94. The molecule has 0 spiro atoms. The number of anilines is 2. The molecule has 1 saturated heterocycles. The largest absolute Gasteiger partial charge is 0.496 e. The van der Waals surface area contributed by atoms with Crippen molar-refractivity contribution in [3.05, 3.63) is 59.4 Å². The van der Waals surface area contributed by atoms with Crippen LogP contribution in [0.15, 0.2) is 46.9 Å². The highest BCUT2D eigenvalue weighted by Gasteiger charge is 2.20. The molecular weight excluding hydrogens is 416 g/mol. The van der Waals surface area contributed by atoms with Crippen molar-refractivity contribution >= 4 is 33.8 Å². The molecular formula is C27H30N2O4. The number of ether oxygens (including phenoxy) is 2. The first-order chi connectivity index (χ1) is 16.1. The molecule has 6 nitrogen and oxygen atoms in total. The molecule has 1 amide bonds. The highest BCUT2D eigenvalue weighted by molar-refractivity contribution is 6.04. The summed E-state index contributed by atoms with van der Waals surface area (Å²) >= 11 is 0. The number of amides is 1. The van der Waals surface area contributed by atoms with Crippen LogP contribution in [0.5, 0.6) is 5.75 Å². The number of allylic oxidation sites excluding steroid dienone is 1. The minimum Gasteiger partial charge on any atom is -0.496 e. The molecule has 1 fully saturated rings. The summed E-state index contributed by atoms with van der Waals surface area (Å²) in [6, 6.07) is 12.0. The molecule has 0 bridgehead atoms. The third-order valence-corrected chi connectivity index (χ3v) is 6.56. The zero-order valence-corrected chi connectivity index (χ0v) is 19.3. The lowest BCUT2D eigenvalue weighted by Gasteiger charge is -2.28. The molecule has 1 aromatic heterocycles. The number of methoxy groups -OCH3 is 1. The number of carbonyl (C=O) groups excluding carboxylic acids is 1. The van der Waals surface area contributed by atoms with Gasteiger partial charge in [0.05, 0.1) is 20.3 Å². The number of morpholine rings is 1. The van der Waals surface area contributed by atoms with Gasteiger partial charge in [-0.15, -0.1) is 0 Å². The first-order valence-electron chi connectivity index (χ1n) is 11.7. The van der Waals surface area contributed by atoms with Crippen molar-refractivity contribution in [1.29, 1.82) is 0 Å². The van der Waals surface area contributed by atoms with Gasteiger partial charge in [0.15, 0.2) is 0 Å². The molecule has 2 aliphatic rings. The fourth-order valence-corrected chi connectivity index (χ4v) is 4.80. The molecule has 0 radical (unpaired) electrons. The average Bonchev–Trinajstić information content (AvgIpc) is 3.21. The van der Waals surface area contributed by atoms with Crippen molar-refractivity contribution in [3.63, 3.8) is 0 Å². The Kier molecular flexibility index (Phi) is 6.09. The van der Waals surface area contributed by atoms with Gasteiger partial charge in [0.1, 0.15) is 17.1 Å². The number of rotatable bonds is 5. The first-order valence-corrected chi connectivity index (χ1v) is 11.7. The molecule has 172 valence electrons. The van der Waals surface area contributed by atoms with Gasteiger partial charge in [-0.2, -0.15) is 0 Å². The van der Waals surface area contributed by atoms with Crippen molar-refractivity contribution in [1.82, 2.24) is 0 Å². The van der Waals surface area contributed by atoms with Crippen LogP contribution in [0.4, 0.5) is 11.4 Å². The van der Waals surface area contributed by atoms with Crippen molar-refractivity contribution in [2.24, 2.45) is 0 Å². The molecule has 3 aromatic rings. The summed E-state index contributed by atoms with van der Waals surface area (Å²) in [6.07, 6.45) is 6.01. The molecule has 2 aromatic carbocycles. The average molecular weight is 447 g/mol. The number of benzene rings is 2. The number of nitrogens with zero attached hydrogens (tertiary/aromatic N) is 1. The van der Waals surface area contributed by atoms with Crippen LogP contribution in [0.2, 0.25) is 0 Å². The predicted octanol–water partition coefficient (Wildman–Crippen LogP) is 5.20. The SMILES string of the molecule is COc1cc2oc3c(c2cc1/C(C)=C/C(=O)Nc1ccc(N2CCOCC2)cc1)CCCC3. The summed E-state index contributed by atoms with van der Waals surface area (Å²) in [4.78, 5) is 15.0. The van der Waals surface area contributed by atoms with Crippen molar-refractivity contribution in [2.75, 3.05) is 43.6 Å². The summed E-state index contributed by atoms with van der Waals surface area (Å²) in [5.41, 5.74) is 5.84. The van der Waals surface area contributed by atoms with E-state index in [2.05, 4.69) is 16.3 Å². The summed E-state index contributed by atoms with van der Waals surface area (Å²) < 4.78 is 17.1. The zero-order valence-electron chi connectivity index (χ0n) is 19.3. The van der Waals surface area contributed by atoms with Gasteiger partial charge in [0.25, 0.3) is 0 Å². The van der Waals surface area contributed by atoms with E-state index in [4.69, 9.17) is 13.9 Å².